The van der Waals surface area contributed by atoms with E-state index in [4.69, 9.17) is 15.8 Å². The molecule has 1 aromatic carbocycles. The molecule has 0 aliphatic heterocycles. The van der Waals surface area contributed by atoms with Crippen molar-refractivity contribution in [2.24, 2.45) is 5.92 Å². The first-order valence-corrected chi connectivity index (χ1v) is 9.71. The van der Waals surface area contributed by atoms with E-state index in [0.717, 1.165) is 40.2 Å². The molecule has 3 heterocycles. The van der Waals surface area contributed by atoms with Gasteiger partial charge in [-0.3, -0.25) is 9.25 Å². The van der Waals surface area contributed by atoms with Crippen molar-refractivity contribution in [3.63, 3.8) is 0 Å². The first kappa shape index (κ1) is 18.2. The van der Waals surface area contributed by atoms with Gasteiger partial charge < -0.3 is 5.73 Å². The van der Waals surface area contributed by atoms with Crippen molar-refractivity contribution in [3.05, 3.63) is 48.7 Å². The number of hydrogen-bond donors (Lipinski definition) is 1. The van der Waals surface area contributed by atoms with Crippen LogP contribution in [-0.2, 0) is 6.54 Å². The lowest BCUT2D eigenvalue weighted by atomic mass is 10.1. The van der Waals surface area contributed by atoms with Crippen molar-refractivity contribution in [1.82, 2.24) is 24.3 Å². The summed E-state index contributed by atoms with van der Waals surface area (Å²) in [6.07, 6.45) is 2.08. The molecule has 3 aromatic heterocycles. The Kier molecular flexibility index (Phi) is 4.63. The number of imidazole rings is 1. The molecule has 0 unspecified atom stereocenters. The van der Waals surface area contributed by atoms with Crippen LogP contribution in [0, 0.1) is 5.92 Å². The summed E-state index contributed by atoms with van der Waals surface area (Å²) in [6, 6.07) is 14.5. The minimum atomic E-state index is 0.266. The van der Waals surface area contributed by atoms with Gasteiger partial charge in [-0.2, -0.15) is 5.10 Å². The predicted octanol–water partition coefficient (Wildman–Crippen LogP) is 4.78. The number of pyridine rings is 1. The molecule has 2 N–H and O–H groups in total. The van der Waals surface area contributed by atoms with Crippen molar-refractivity contribution < 1.29 is 0 Å². The van der Waals surface area contributed by atoms with Gasteiger partial charge in [0.05, 0.1) is 5.69 Å². The molecule has 0 bridgehead atoms. The zero-order valence-corrected chi connectivity index (χ0v) is 16.8. The Bertz CT molecular complexity index is 1100. The number of fused-ring (bicyclic) bond motifs is 1. The van der Waals surface area contributed by atoms with Crippen LogP contribution in [0.5, 0.6) is 0 Å². The second kappa shape index (κ2) is 7.11. The van der Waals surface area contributed by atoms with Gasteiger partial charge in [0.2, 0.25) is 5.95 Å². The minimum Gasteiger partial charge on any atom is -0.369 e. The summed E-state index contributed by atoms with van der Waals surface area (Å²) in [4.78, 5) is 9.42. The Balaban J connectivity index is 1.90. The summed E-state index contributed by atoms with van der Waals surface area (Å²) in [5.41, 5.74) is 11.7. The second-order valence-corrected chi connectivity index (χ2v) is 7.84. The number of rotatable bonds is 5. The van der Waals surface area contributed by atoms with Gasteiger partial charge in [0.25, 0.3) is 0 Å². The number of hydrogen-bond acceptors (Lipinski definition) is 4. The van der Waals surface area contributed by atoms with Crippen molar-refractivity contribution in [2.45, 2.75) is 40.3 Å². The van der Waals surface area contributed by atoms with E-state index in [2.05, 4.69) is 51.0 Å². The zero-order chi connectivity index (χ0) is 19.8. The second-order valence-electron chi connectivity index (χ2n) is 7.84. The van der Waals surface area contributed by atoms with Crippen LogP contribution in [0.15, 0.2) is 48.7 Å². The monoisotopic (exact) mass is 374 g/mol. The summed E-state index contributed by atoms with van der Waals surface area (Å²) >= 11 is 0. The van der Waals surface area contributed by atoms with Gasteiger partial charge in [0.15, 0.2) is 5.65 Å². The van der Waals surface area contributed by atoms with Gasteiger partial charge in [-0.05, 0) is 31.9 Å². The Hall–Kier alpha value is -3.15. The molecule has 6 nitrogen and oxygen atoms in total. The van der Waals surface area contributed by atoms with Gasteiger partial charge >= 0.3 is 0 Å². The van der Waals surface area contributed by atoms with Crippen LogP contribution in [0.4, 0.5) is 5.95 Å². The van der Waals surface area contributed by atoms with E-state index in [0.29, 0.717) is 11.9 Å². The fourth-order valence-electron chi connectivity index (χ4n) is 3.37. The van der Waals surface area contributed by atoms with E-state index in [1.807, 2.05) is 39.6 Å². The van der Waals surface area contributed by atoms with Crippen molar-refractivity contribution in [3.8, 4) is 22.5 Å². The van der Waals surface area contributed by atoms with E-state index in [1.165, 1.54) is 0 Å². The smallest absolute Gasteiger partial charge is 0.202 e. The Labute approximate surface area is 165 Å². The highest BCUT2D eigenvalue weighted by Crippen LogP contribution is 2.32. The number of aromatic nitrogens is 5. The van der Waals surface area contributed by atoms with Gasteiger partial charge in [0.1, 0.15) is 11.2 Å². The Morgan fingerprint density at radius 3 is 2.39 bits per heavy atom. The van der Waals surface area contributed by atoms with E-state index in [1.54, 1.807) is 0 Å². The van der Waals surface area contributed by atoms with Crippen molar-refractivity contribution >= 4 is 17.1 Å². The number of nitrogens with two attached hydrogens (primary N) is 1. The van der Waals surface area contributed by atoms with Crippen LogP contribution in [0.1, 0.15) is 33.7 Å². The first-order valence-electron chi connectivity index (χ1n) is 9.71. The molecular formula is C22H26N6. The molecule has 0 saturated heterocycles. The molecule has 4 rings (SSSR count). The summed E-state index contributed by atoms with van der Waals surface area (Å²) in [5, 5.41) is 4.84. The van der Waals surface area contributed by atoms with Gasteiger partial charge in [-0.1, -0.05) is 44.2 Å². The number of benzene rings is 1. The average Bonchev–Trinajstić information content (AvgIpc) is 3.24. The van der Waals surface area contributed by atoms with E-state index >= 15 is 0 Å². The van der Waals surface area contributed by atoms with Gasteiger partial charge in [-0.15, -0.1) is 0 Å². The third-order valence-electron chi connectivity index (χ3n) is 4.75. The third kappa shape index (κ3) is 3.26. The van der Waals surface area contributed by atoms with Crippen LogP contribution in [0.2, 0.25) is 0 Å². The highest BCUT2D eigenvalue weighted by atomic mass is 15.3. The average molecular weight is 374 g/mol. The molecule has 0 radical (unpaired) electrons. The number of anilines is 1. The van der Waals surface area contributed by atoms with E-state index in [-0.39, 0.29) is 6.04 Å². The molecule has 0 atom stereocenters. The normalized spacial score (nSPS) is 11.8. The molecule has 0 aliphatic rings. The standard InChI is InChI=1S/C22H26N6/c1-14(2)12-27-21-19(25-22(27)23)11-10-18(24-21)17-13-28(15(3)4)26-20(17)16-8-6-5-7-9-16/h5-11,13-15H,12H2,1-4H3,(H2,23,25). The topological polar surface area (TPSA) is 74.6 Å². The maximum Gasteiger partial charge on any atom is 0.202 e. The molecule has 0 aliphatic carbocycles. The van der Waals surface area contributed by atoms with E-state index < -0.39 is 0 Å². The fraction of sp³-hybridized carbons (Fsp3) is 0.318. The molecule has 4 aromatic rings. The van der Waals surface area contributed by atoms with Crippen LogP contribution >= 0.6 is 0 Å². The molecule has 6 heteroatoms. The summed E-state index contributed by atoms with van der Waals surface area (Å²) in [6.45, 7) is 9.36. The molecule has 0 saturated carbocycles. The van der Waals surface area contributed by atoms with Crippen LogP contribution < -0.4 is 5.73 Å². The molecule has 144 valence electrons. The molecule has 0 amide bonds. The van der Waals surface area contributed by atoms with Crippen molar-refractivity contribution in [1.29, 1.82) is 0 Å². The lowest BCUT2D eigenvalue weighted by Gasteiger charge is -2.09. The number of nitrogen functional groups attached to an aromatic ring is 1. The van der Waals surface area contributed by atoms with Crippen LogP contribution in [0.25, 0.3) is 33.7 Å². The highest BCUT2D eigenvalue weighted by Gasteiger charge is 2.18. The fourth-order valence-corrected chi connectivity index (χ4v) is 3.37. The maximum atomic E-state index is 6.15. The molecular weight excluding hydrogens is 348 g/mol. The SMILES string of the molecule is CC(C)Cn1c(N)nc2ccc(-c3cn(C(C)C)nc3-c3ccccc3)nc21. The molecule has 0 fully saturated rings. The van der Waals surface area contributed by atoms with Crippen molar-refractivity contribution in [2.75, 3.05) is 5.73 Å². The number of nitrogens with zero attached hydrogens (tertiary/aromatic N) is 5. The first-order chi connectivity index (χ1) is 13.4. The lowest BCUT2D eigenvalue weighted by molar-refractivity contribution is 0.534. The molecule has 0 spiro atoms. The molecule has 28 heavy (non-hydrogen) atoms. The van der Waals surface area contributed by atoms with Crippen LogP contribution in [-0.4, -0.2) is 24.3 Å². The van der Waals surface area contributed by atoms with Crippen LogP contribution in [0.3, 0.4) is 0 Å². The van der Waals surface area contributed by atoms with Gasteiger partial charge in [-0.25, -0.2) is 9.97 Å². The summed E-state index contributed by atoms with van der Waals surface area (Å²) in [7, 11) is 0. The zero-order valence-electron chi connectivity index (χ0n) is 16.8. The minimum absolute atomic E-state index is 0.266. The lowest BCUT2D eigenvalue weighted by Crippen LogP contribution is -2.08. The summed E-state index contributed by atoms with van der Waals surface area (Å²) in [5.74, 6) is 0.961. The highest BCUT2D eigenvalue weighted by molar-refractivity contribution is 5.83. The van der Waals surface area contributed by atoms with Gasteiger partial charge in [0, 0.05) is 29.9 Å². The summed E-state index contributed by atoms with van der Waals surface area (Å²) < 4.78 is 3.99. The quantitative estimate of drug-likeness (QED) is 0.545. The predicted molar refractivity (Wildman–Crippen MR) is 114 cm³/mol. The maximum absolute atomic E-state index is 6.15. The van der Waals surface area contributed by atoms with E-state index in [9.17, 15) is 0 Å². The Morgan fingerprint density at radius 1 is 0.964 bits per heavy atom. The Morgan fingerprint density at radius 2 is 1.71 bits per heavy atom. The third-order valence-corrected chi connectivity index (χ3v) is 4.75. The largest absolute Gasteiger partial charge is 0.369 e.